The summed E-state index contributed by atoms with van der Waals surface area (Å²) < 4.78 is 16.3. The molecule has 0 spiro atoms. The van der Waals surface area contributed by atoms with Gasteiger partial charge in [-0.05, 0) is 26.0 Å². The smallest absolute Gasteiger partial charge is 0.338 e. The number of ether oxygens (including phenoxy) is 3. The van der Waals surface area contributed by atoms with Crippen LogP contribution in [-0.2, 0) is 11.2 Å². The van der Waals surface area contributed by atoms with Crippen molar-refractivity contribution >= 4 is 17.6 Å². The summed E-state index contributed by atoms with van der Waals surface area (Å²) in [5.74, 6) is -0.0362. The summed E-state index contributed by atoms with van der Waals surface area (Å²) in [5, 5.41) is 13.7. The van der Waals surface area contributed by atoms with Crippen LogP contribution in [0.5, 0.6) is 11.5 Å². The van der Waals surface area contributed by atoms with E-state index in [2.05, 4.69) is 10.1 Å². The number of esters is 1. The lowest BCUT2D eigenvalue weighted by Crippen LogP contribution is -2.28. The van der Waals surface area contributed by atoms with Gasteiger partial charge in [0.25, 0.3) is 11.6 Å². The molecule has 0 saturated carbocycles. The molecule has 3 rings (SSSR count). The number of nitrogens with one attached hydrogen (secondary N) is 1. The Morgan fingerprint density at radius 2 is 1.97 bits per heavy atom. The first kappa shape index (κ1) is 21.1. The maximum atomic E-state index is 12.4. The van der Waals surface area contributed by atoms with E-state index < -0.39 is 16.8 Å². The van der Waals surface area contributed by atoms with Crippen molar-refractivity contribution < 1.29 is 28.7 Å². The predicted molar refractivity (Wildman–Crippen MR) is 107 cm³/mol. The van der Waals surface area contributed by atoms with Gasteiger partial charge >= 0.3 is 5.97 Å². The molecular formula is C21H22N2O7. The third kappa shape index (κ3) is 4.68. The first-order chi connectivity index (χ1) is 14.2. The molecule has 1 aliphatic rings. The van der Waals surface area contributed by atoms with E-state index in [1.165, 1.54) is 6.07 Å². The highest BCUT2D eigenvalue weighted by Crippen LogP contribution is 2.41. The normalized spacial score (nSPS) is 13.7. The molecule has 30 heavy (non-hydrogen) atoms. The second kappa shape index (κ2) is 8.40. The van der Waals surface area contributed by atoms with Crippen LogP contribution in [0.2, 0.25) is 0 Å². The Morgan fingerprint density at radius 1 is 1.23 bits per heavy atom. The topological polar surface area (TPSA) is 117 Å². The summed E-state index contributed by atoms with van der Waals surface area (Å²) in [4.78, 5) is 34.5. The van der Waals surface area contributed by atoms with Crippen molar-refractivity contribution in [1.82, 2.24) is 5.32 Å². The Balaban J connectivity index is 1.62. The molecule has 2 aromatic carbocycles. The van der Waals surface area contributed by atoms with Crippen molar-refractivity contribution in [1.29, 1.82) is 0 Å². The molecule has 0 atom stereocenters. The fourth-order valence-corrected chi connectivity index (χ4v) is 3.21. The molecule has 0 radical (unpaired) electrons. The lowest BCUT2D eigenvalue weighted by Gasteiger charge is -2.18. The molecule has 9 heteroatoms. The number of fused-ring (bicyclic) bond motifs is 1. The van der Waals surface area contributed by atoms with Gasteiger partial charge in [-0.25, -0.2) is 4.79 Å². The number of hydrogen-bond donors (Lipinski definition) is 1. The quantitative estimate of drug-likeness (QED) is 0.320. The van der Waals surface area contributed by atoms with E-state index in [-0.39, 0.29) is 35.6 Å². The van der Waals surface area contributed by atoms with Crippen LogP contribution in [0.3, 0.4) is 0 Å². The number of benzene rings is 2. The maximum Gasteiger partial charge on any atom is 0.338 e. The molecule has 0 fully saturated rings. The van der Waals surface area contributed by atoms with E-state index in [1.54, 1.807) is 6.07 Å². The number of nitro benzene ring substituents is 1. The number of nitro groups is 1. The van der Waals surface area contributed by atoms with Crippen LogP contribution in [0, 0.1) is 10.1 Å². The van der Waals surface area contributed by atoms with Gasteiger partial charge < -0.3 is 19.5 Å². The number of rotatable bonds is 7. The molecule has 1 N–H and O–H groups in total. The Kier molecular flexibility index (Phi) is 5.91. The number of para-hydroxylation sites is 1. The molecule has 0 aliphatic carbocycles. The van der Waals surface area contributed by atoms with Gasteiger partial charge in [0.2, 0.25) is 0 Å². The van der Waals surface area contributed by atoms with Gasteiger partial charge in [0.1, 0.15) is 12.2 Å². The number of methoxy groups -OCH3 is 1. The average Bonchev–Trinajstić information content (AvgIpc) is 3.04. The van der Waals surface area contributed by atoms with Crippen molar-refractivity contribution in [3.63, 3.8) is 0 Å². The number of carbonyl (C=O) groups is 2. The standard InChI is InChI=1S/C21H22N2O7/c1-21(2)12-13-5-4-6-17(18(13)30-21)29-8-7-22-19(24)14-9-15(20(25)28-3)11-16(10-14)23(26)27/h4-6,9-11H,7-8,12H2,1-3H3,(H,22,24). The average molecular weight is 414 g/mol. The van der Waals surface area contributed by atoms with E-state index in [0.717, 1.165) is 31.2 Å². The second-order valence-electron chi connectivity index (χ2n) is 7.40. The highest BCUT2D eigenvalue weighted by atomic mass is 16.6. The second-order valence-corrected chi connectivity index (χ2v) is 7.40. The third-order valence-electron chi connectivity index (χ3n) is 4.51. The lowest BCUT2D eigenvalue weighted by molar-refractivity contribution is -0.384. The van der Waals surface area contributed by atoms with Crippen molar-refractivity contribution in [2.45, 2.75) is 25.9 Å². The minimum atomic E-state index is -0.767. The first-order valence-electron chi connectivity index (χ1n) is 9.30. The molecule has 1 aliphatic heterocycles. The van der Waals surface area contributed by atoms with E-state index in [0.29, 0.717) is 11.5 Å². The van der Waals surface area contributed by atoms with Gasteiger partial charge in [0.05, 0.1) is 24.1 Å². The van der Waals surface area contributed by atoms with Gasteiger partial charge in [-0.3, -0.25) is 14.9 Å². The zero-order valence-corrected chi connectivity index (χ0v) is 16.9. The minimum absolute atomic E-state index is 0.0183. The summed E-state index contributed by atoms with van der Waals surface area (Å²) in [6.07, 6.45) is 0.783. The number of carbonyl (C=O) groups excluding carboxylic acids is 2. The number of hydrogen-bond acceptors (Lipinski definition) is 7. The summed E-state index contributed by atoms with van der Waals surface area (Å²) in [6, 6.07) is 9.07. The van der Waals surface area contributed by atoms with Gasteiger partial charge in [-0.2, -0.15) is 0 Å². The van der Waals surface area contributed by atoms with Crippen LogP contribution in [0.1, 0.15) is 40.1 Å². The number of non-ortho nitro benzene ring substituents is 1. The number of nitrogens with zero attached hydrogens (tertiary/aromatic N) is 1. The molecular weight excluding hydrogens is 392 g/mol. The molecule has 1 amide bonds. The van der Waals surface area contributed by atoms with Crippen molar-refractivity contribution in [3.05, 3.63) is 63.2 Å². The first-order valence-corrected chi connectivity index (χ1v) is 9.30. The van der Waals surface area contributed by atoms with Crippen molar-refractivity contribution in [3.8, 4) is 11.5 Å². The molecule has 1 heterocycles. The largest absolute Gasteiger partial charge is 0.488 e. The lowest BCUT2D eigenvalue weighted by atomic mass is 10.0. The molecule has 9 nitrogen and oxygen atoms in total. The molecule has 0 saturated heterocycles. The van der Waals surface area contributed by atoms with Crippen LogP contribution in [-0.4, -0.2) is 42.7 Å². The molecule has 2 aromatic rings. The SMILES string of the molecule is COC(=O)c1cc(C(=O)NCCOc2cccc3c2OC(C)(C)C3)cc([N+](=O)[O-])c1. The summed E-state index contributed by atoms with van der Waals surface area (Å²) >= 11 is 0. The van der Waals surface area contributed by atoms with Gasteiger partial charge in [0, 0.05) is 29.7 Å². The summed E-state index contributed by atoms with van der Waals surface area (Å²) in [5.41, 5.74) is 0.297. The van der Waals surface area contributed by atoms with E-state index in [1.807, 2.05) is 26.0 Å². The van der Waals surface area contributed by atoms with Crippen molar-refractivity contribution in [2.24, 2.45) is 0 Å². The van der Waals surface area contributed by atoms with Crippen molar-refractivity contribution in [2.75, 3.05) is 20.3 Å². The van der Waals surface area contributed by atoms with Crippen LogP contribution in [0.15, 0.2) is 36.4 Å². The molecule has 0 aromatic heterocycles. The fraction of sp³-hybridized carbons (Fsp3) is 0.333. The molecule has 158 valence electrons. The Morgan fingerprint density at radius 3 is 2.67 bits per heavy atom. The van der Waals surface area contributed by atoms with Crippen LogP contribution in [0.4, 0.5) is 5.69 Å². The Bertz CT molecular complexity index is 1000. The summed E-state index contributed by atoms with van der Waals surface area (Å²) in [7, 11) is 1.16. The van der Waals surface area contributed by atoms with Crippen LogP contribution in [0.25, 0.3) is 0 Å². The van der Waals surface area contributed by atoms with Gasteiger partial charge in [-0.15, -0.1) is 0 Å². The zero-order valence-electron chi connectivity index (χ0n) is 16.9. The van der Waals surface area contributed by atoms with Gasteiger partial charge in [0.15, 0.2) is 11.5 Å². The van der Waals surface area contributed by atoms with Crippen LogP contribution < -0.4 is 14.8 Å². The Hall–Kier alpha value is -3.62. The maximum absolute atomic E-state index is 12.4. The highest BCUT2D eigenvalue weighted by molar-refractivity contribution is 5.98. The van der Waals surface area contributed by atoms with Crippen LogP contribution >= 0.6 is 0 Å². The third-order valence-corrected chi connectivity index (χ3v) is 4.51. The minimum Gasteiger partial charge on any atom is -0.488 e. The van der Waals surface area contributed by atoms with Gasteiger partial charge in [-0.1, -0.05) is 12.1 Å². The monoisotopic (exact) mass is 414 g/mol. The molecule has 0 bridgehead atoms. The molecule has 0 unspecified atom stereocenters. The summed E-state index contributed by atoms with van der Waals surface area (Å²) in [6.45, 7) is 4.32. The fourth-order valence-electron chi connectivity index (χ4n) is 3.21. The Labute approximate surface area is 173 Å². The zero-order chi connectivity index (χ0) is 21.9. The van der Waals surface area contributed by atoms with E-state index in [4.69, 9.17) is 9.47 Å². The number of amides is 1. The van der Waals surface area contributed by atoms with E-state index >= 15 is 0 Å². The highest BCUT2D eigenvalue weighted by Gasteiger charge is 2.32. The predicted octanol–water partition coefficient (Wildman–Crippen LogP) is 2.90. The van der Waals surface area contributed by atoms with E-state index in [9.17, 15) is 19.7 Å².